The predicted octanol–water partition coefficient (Wildman–Crippen LogP) is 12.3. The Morgan fingerprint density at radius 2 is 0.769 bits per heavy atom. The Balaban J connectivity index is 1.22. The van der Waals surface area contributed by atoms with E-state index in [4.69, 9.17) is 9.97 Å². The minimum absolute atomic E-state index is 0.714. The highest BCUT2D eigenvalue weighted by Gasteiger charge is 2.19. The van der Waals surface area contributed by atoms with Crippen molar-refractivity contribution in [1.82, 2.24) is 19.1 Å². The maximum atomic E-state index is 5.38. The van der Waals surface area contributed by atoms with Crippen LogP contribution in [0.5, 0.6) is 0 Å². The van der Waals surface area contributed by atoms with E-state index >= 15 is 0 Å². The molecule has 0 saturated heterocycles. The highest BCUT2D eigenvalue weighted by Crippen LogP contribution is 2.39. The zero-order valence-electron chi connectivity index (χ0n) is 28.1. The Labute approximate surface area is 299 Å². The zero-order valence-corrected chi connectivity index (χ0v) is 28.1. The minimum atomic E-state index is 0.714. The van der Waals surface area contributed by atoms with E-state index in [1.54, 1.807) is 0 Å². The number of hydrogen-bond donors (Lipinski definition) is 0. The summed E-state index contributed by atoms with van der Waals surface area (Å²) < 4.78 is 4.79. The monoisotopic (exact) mass is 662 g/mol. The van der Waals surface area contributed by atoms with Gasteiger partial charge in [-0.3, -0.25) is 0 Å². The first-order valence-corrected chi connectivity index (χ1v) is 17.7. The molecule has 3 aromatic heterocycles. The molecule has 3 heterocycles. The fourth-order valence-corrected chi connectivity index (χ4v) is 8.30. The quantitative estimate of drug-likeness (QED) is 0.176. The maximum Gasteiger partial charge on any atom is 0.161 e. The van der Waals surface area contributed by atoms with Crippen molar-refractivity contribution in [2.45, 2.75) is 0 Å². The first-order valence-electron chi connectivity index (χ1n) is 17.7. The summed E-state index contributed by atoms with van der Waals surface area (Å²) >= 11 is 0. The number of fused-ring (bicyclic) bond motifs is 8. The topological polar surface area (TPSA) is 35.6 Å². The second-order valence-corrected chi connectivity index (χ2v) is 13.4. The van der Waals surface area contributed by atoms with Gasteiger partial charge in [0.2, 0.25) is 0 Å². The fourth-order valence-electron chi connectivity index (χ4n) is 8.30. The Kier molecular flexibility index (Phi) is 6.22. The van der Waals surface area contributed by atoms with E-state index in [1.165, 1.54) is 54.4 Å². The van der Waals surface area contributed by atoms with Crippen LogP contribution < -0.4 is 0 Å². The lowest BCUT2D eigenvalue weighted by Gasteiger charge is -2.16. The highest BCUT2D eigenvalue weighted by molar-refractivity contribution is 6.12. The average Bonchev–Trinajstić information content (AvgIpc) is 3.73. The van der Waals surface area contributed by atoms with E-state index in [0.717, 1.165) is 39.0 Å². The molecule has 0 bridgehead atoms. The smallest absolute Gasteiger partial charge is 0.161 e. The Bertz CT molecular complexity index is 2910. The summed E-state index contributed by atoms with van der Waals surface area (Å²) in [5.74, 6) is 0.714. The second kappa shape index (κ2) is 11.2. The predicted molar refractivity (Wildman–Crippen MR) is 217 cm³/mol. The van der Waals surface area contributed by atoms with Crippen molar-refractivity contribution >= 4 is 65.2 Å². The van der Waals surface area contributed by atoms with E-state index in [-0.39, 0.29) is 0 Å². The summed E-state index contributed by atoms with van der Waals surface area (Å²) in [6, 6.07) is 63.0. The van der Waals surface area contributed by atoms with Crippen LogP contribution in [0.25, 0.3) is 99.2 Å². The molecule has 0 unspecified atom stereocenters. The molecule has 0 radical (unpaired) electrons. The standard InChI is InChI=1S/C48H30N4/c1-3-15-36-31(13-1)27-32-14-2-4-16-37(32)47(36)48-49-26-25-42(50-48)33-28-34(51-43-21-9-5-17-38(43)39-18-6-10-22-44(39)51)30-35(29-33)52-45-23-11-7-19-40(45)41-20-8-12-24-46(41)52/h1-30H. The van der Waals surface area contributed by atoms with Crippen molar-refractivity contribution < 1.29 is 0 Å². The van der Waals surface area contributed by atoms with Crippen LogP contribution in [0.3, 0.4) is 0 Å². The average molecular weight is 663 g/mol. The summed E-state index contributed by atoms with van der Waals surface area (Å²) in [4.78, 5) is 10.3. The third kappa shape index (κ3) is 4.28. The molecular weight excluding hydrogens is 633 g/mol. The summed E-state index contributed by atoms with van der Waals surface area (Å²) in [6.45, 7) is 0. The summed E-state index contributed by atoms with van der Waals surface area (Å²) in [7, 11) is 0. The van der Waals surface area contributed by atoms with Gasteiger partial charge in [-0.1, -0.05) is 121 Å². The minimum Gasteiger partial charge on any atom is -0.309 e. The number of rotatable bonds is 4. The molecule has 0 N–H and O–H groups in total. The van der Waals surface area contributed by atoms with Crippen LogP contribution >= 0.6 is 0 Å². The number of aromatic nitrogens is 4. The van der Waals surface area contributed by atoms with Crippen LogP contribution in [0.1, 0.15) is 0 Å². The van der Waals surface area contributed by atoms with Crippen molar-refractivity contribution in [2.75, 3.05) is 0 Å². The number of hydrogen-bond acceptors (Lipinski definition) is 2. The molecule has 11 aromatic rings. The van der Waals surface area contributed by atoms with Crippen LogP contribution in [-0.2, 0) is 0 Å². The van der Waals surface area contributed by atoms with Gasteiger partial charge in [0.1, 0.15) is 0 Å². The Morgan fingerprint density at radius 1 is 0.365 bits per heavy atom. The van der Waals surface area contributed by atoms with E-state index in [2.05, 4.69) is 179 Å². The molecule has 242 valence electrons. The van der Waals surface area contributed by atoms with E-state index < -0.39 is 0 Å². The number of para-hydroxylation sites is 4. The number of nitrogens with zero attached hydrogens (tertiary/aromatic N) is 4. The van der Waals surface area contributed by atoms with Crippen LogP contribution in [-0.4, -0.2) is 19.1 Å². The third-order valence-corrected chi connectivity index (χ3v) is 10.5. The second-order valence-electron chi connectivity index (χ2n) is 13.4. The largest absolute Gasteiger partial charge is 0.309 e. The molecule has 0 atom stereocenters. The first-order chi connectivity index (χ1) is 25.8. The summed E-state index contributed by atoms with van der Waals surface area (Å²) in [5, 5.41) is 9.55. The van der Waals surface area contributed by atoms with E-state index in [1.807, 2.05) is 12.3 Å². The van der Waals surface area contributed by atoms with Gasteiger partial charge in [0.25, 0.3) is 0 Å². The Morgan fingerprint density at radius 3 is 1.23 bits per heavy atom. The maximum absolute atomic E-state index is 5.38. The molecule has 4 heteroatoms. The zero-order chi connectivity index (χ0) is 34.2. The molecule has 0 fully saturated rings. The third-order valence-electron chi connectivity index (χ3n) is 10.5. The van der Waals surface area contributed by atoms with Crippen LogP contribution in [0, 0.1) is 0 Å². The lowest BCUT2D eigenvalue weighted by atomic mass is 9.96. The van der Waals surface area contributed by atoms with Crippen molar-refractivity contribution in [3.63, 3.8) is 0 Å². The van der Waals surface area contributed by atoms with Gasteiger partial charge in [-0.05, 0) is 76.1 Å². The SMILES string of the molecule is c1ccc2c(-c3nccc(-c4cc(-n5c6ccccc6c6ccccc65)cc(-n5c6ccccc6c6ccccc65)c4)n3)c3ccccc3cc2c1. The normalized spacial score (nSPS) is 11.8. The van der Waals surface area contributed by atoms with Crippen LogP contribution in [0.15, 0.2) is 182 Å². The molecule has 0 amide bonds. The van der Waals surface area contributed by atoms with Gasteiger partial charge < -0.3 is 9.13 Å². The lowest BCUT2D eigenvalue weighted by Crippen LogP contribution is -2.01. The van der Waals surface area contributed by atoms with Crippen LogP contribution in [0.2, 0.25) is 0 Å². The van der Waals surface area contributed by atoms with Crippen molar-refractivity contribution in [2.24, 2.45) is 0 Å². The Hall–Kier alpha value is -7.04. The molecule has 11 rings (SSSR count). The molecule has 8 aromatic carbocycles. The molecule has 0 saturated carbocycles. The highest BCUT2D eigenvalue weighted by atomic mass is 15.0. The van der Waals surface area contributed by atoms with Gasteiger partial charge in [0.15, 0.2) is 5.82 Å². The first kappa shape index (κ1) is 28.8. The molecule has 0 aliphatic heterocycles. The molecule has 0 aliphatic carbocycles. The molecule has 4 nitrogen and oxygen atoms in total. The van der Waals surface area contributed by atoms with E-state index in [0.29, 0.717) is 5.82 Å². The van der Waals surface area contributed by atoms with Gasteiger partial charge in [0.05, 0.1) is 27.8 Å². The number of benzene rings is 8. The lowest BCUT2D eigenvalue weighted by molar-refractivity contribution is 1.13. The summed E-state index contributed by atoms with van der Waals surface area (Å²) in [5.41, 5.74) is 9.75. The van der Waals surface area contributed by atoms with Crippen molar-refractivity contribution in [1.29, 1.82) is 0 Å². The fraction of sp³-hybridized carbons (Fsp3) is 0. The molecular formula is C48H30N4. The molecule has 0 aliphatic rings. The summed E-state index contributed by atoms with van der Waals surface area (Å²) in [6.07, 6.45) is 1.90. The van der Waals surface area contributed by atoms with Gasteiger partial charge >= 0.3 is 0 Å². The van der Waals surface area contributed by atoms with E-state index in [9.17, 15) is 0 Å². The van der Waals surface area contributed by atoms with Gasteiger partial charge in [0, 0.05) is 50.2 Å². The molecule has 0 spiro atoms. The van der Waals surface area contributed by atoms with Crippen LogP contribution in [0.4, 0.5) is 0 Å². The van der Waals surface area contributed by atoms with Gasteiger partial charge in [-0.25, -0.2) is 9.97 Å². The molecule has 52 heavy (non-hydrogen) atoms. The van der Waals surface area contributed by atoms with Gasteiger partial charge in [-0.15, -0.1) is 0 Å². The van der Waals surface area contributed by atoms with Crippen molar-refractivity contribution in [3.05, 3.63) is 182 Å². The van der Waals surface area contributed by atoms with Crippen molar-refractivity contribution in [3.8, 4) is 34.0 Å². The van der Waals surface area contributed by atoms with Gasteiger partial charge in [-0.2, -0.15) is 0 Å².